The second kappa shape index (κ2) is 9.52. The Morgan fingerprint density at radius 3 is 2.23 bits per heavy atom. The lowest BCUT2D eigenvalue weighted by molar-refractivity contribution is 0.416. The van der Waals surface area contributed by atoms with E-state index in [4.69, 9.17) is 4.42 Å². The summed E-state index contributed by atoms with van der Waals surface area (Å²) < 4.78 is 5.69. The minimum absolute atomic E-state index is 0.0141. The zero-order valence-electron chi connectivity index (χ0n) is 18.3. The molecule has 2 heterocycles. The molecule has 1 aromatic carbocycles. The number of aromatic nitrogens is 1. The molecule has 3 rings (SSSR count). The highest BCUT2D eigenvalue weighted by molar-refractivity contribution is 7.99. The summed E-state index contributed by atoms with van der Waals surface area (Å²) in [4.78, 5) is 17.4. The Hall–Kier alpha value is -2.53. The third-order valence-corrected chi connectivity index (χ3v) is 6.46. The van der Waals surface area contributed by atoms with Gasteiger partial charge in [0.05, 0.1) is 5.03 Å². The third-order valence-electron chi connectivity index (χ3n) is 5.26. The summed E-state index contributed by atoms with van der Waals surface area (Å²) in [5, 5.41) is 11.7. The highest BCUT2D eigenvalue weighted by atomic mass is 32.2. The quantitative estimate of drug-likeness (QED) is 0.469. The number of pyridine rings is 1. The van der Waals surface area contributed by atoms with Gasteiger partial charge in [0.15, 0.2) is 0 Å². The van der Waals surface area contributed by atoms with Crippen LogP contribution in [-0.4, -0.2) is 15.8 Å². The van der Waals surface area contributed by atoms with E-state index in [1.54, 1.807) is 17.8 Å². The molecule has 0 aliphatic rings. The predicted octanol–water partition coefficient (Wildman–Crippen LogP) is 6.04. The van der Waals surface area contributed by atoms with Crippen LogP contribution in [0.2, 0.25) is 0 Å². The van der Waals surface area contributed by atoms with E-state index in [-0.39, 0.29) is 17.2 Å². The first kappa shape index (κ1) is 22.2. The molecule has 0 fully saturated rings. The fourth-order valence-corrected chi connectivity index (χ4v) is 4.50. The normalized spacial score (nSPS) is 12.2. The topological polar surface area (TPSA) is 63.3 Å². The fourth-order valence-electron chi connectivity index (χ4n) is 3.62. The van der Waals surface area contributed by atoms with Crippen molar-refractivity contribution in [1.82, 2.24) is 4.98 Å². The van der Waals surface area contributed by atoms with Gasteiger partial charge in [0.25, 0.3) is 0 Å². The first-order valence-electron chi connectivity index (χ1n) is 10.4. The van der Waals surface area contributed by atoms with Gasteiger partial charge in [-0.15, -0.1) is 11.8 Å². The first-order valence-corrected chi connectivity index (χ1v) is 11.4. The SMILES string of the molecule is CCc1cc(C)cc(CC)c1-c1c(O)cc(C(C)CSc2ccc(C)cn2)oc1=O. The van der Waals surface area contributed by atoms with E-state index in [1.165, 1.54) is 0 Å². The van der Waals surface area contributed by atoms with Crippen molar-refractivity contribution in [3.05, 3.63) is 75.0 Å². The Morgan fingerprint density at radius 2 is 1.70 bits per heavy atom. The van der Waals surface area contributed by atoms with Gasteiger partial charge in [0.1, 0.15) is 17.1 Å². The van der Waals surface area contributed by atoms with Crippen LogP contribution in [-0.2, 0) is 12.8 Å². The predicted molar refractivity (Wildman–Crippen MR) is 124 cm³/mol. The summed E-state index contributed by atoms with van der Waals surface area (Å²) >= 11 is 1.60. The first-order chi connectivity index (χ1) is 14.3. The molecule has 0 radical (unpaired) electrons. The smallest absolute Gasteiger partial charge is 0.347 e. The van der Waals surface area contributed by atoms with Crippen LogP contribution in [0.3, 0.4) is 0 Å². The largest absolute Gasteiger partial charge is 0.507 e. The van der Waals surface area contributed by atoms with Gasteiger partial charge in [0.2, 0.25) is 0 Å². The maximum atomic E-state index is 13.0. The molecule has 0 bridgehead atoms. The number of nitrogens with zero attached hydrogens (tertiary/aromatic N) is 1. The van der Waals surface area contributed by atoms with Crippen LogP contribution >= 0.6 is 11.8 Å². The van der Waals surface area contributed by atoms with Gasteiger partial charge in [-0.25, -0.2) is 9.78 Å². The zero-order valence-corrected chi connectivity index (χ0v) is 19.1. The third kappa shape index (κ3) is 4.78. The van der Waals surface area contributed by atoms with Crippen molar-refractivity contribution < 1.29 is 9.52 Å². The molecule has 3 aromatic rings. The molecule has 30 heavy (non-hydrogen) atoms. The monoisotopic (exact) mass is 423 g/mol. The van der Waals surface area contributed by atoms with E-state index in [2.05, 4.69) is 37.9 Å². The van der Waals surface area contributed by atoms with Crippen LogP contribution in [0.25, 0.3) is 11.1 Å². The van der Waals surface area contributed by atoms with Gasteiger partial charge < -0.3 is 9.52 Å². The van der Waals surface area contributed by atoms with E-state index in [1.807, 2.05) is 32.2 Å². The van der Waals surface area contributed by atoms with Crippen LogP contribution < -0.4 is 5.63 Å². The van der Waals surface area contributed by atoms with Gasteiger partial charge in [0, 0.05) is 23.9 Å². The molecule has 1 atom stereocenters. The van der Waals surface area contributed by atoms with Gasteiger partial charge in [-0.3, -0.25) is 0 Å². The summed E-state index contributed by atoms with van der Waals surface area (Å²) in [5.41, 5.74) is 4.98. The van der Waals surface area contributed by atoms with Crippen molar-refractivity contribution in [1.29, 1.82) is 0 Å². The molecular weight excluding hydrogens is 394 g/mol. The molecule has 1 unspecified atom stereocenters. The minimum Gasteiger partial charge on any atom is -0.507 e. The summed E-state index contributed by atoms with van der Waals surface area (Å²) in [6, 6.07) is 9.77. The second-order valence-electron chi connectivity index (χ2n) is 7.75. The van der Waals surface area contributed by atoms with E-state index in [0.717, 1.165) is 45.7 Å². The van der Waals surface area contributed by atoms with Gasteiger partial charge in [-0.2, -0.15) is 0 Å². The maximum Gasteiger partial charge on any atom is 0.347 e. The molecule has 5 heteroatoms. The average Bonchev–Trinajstić information content (AvgIpc) is 2.72. The molecule has 1 N–H and O–H groups in total. The number of hydrogen-bond donors (Lipinski definition) is 1. The Kier molecular flexibility index (Phi) is 7.03. The second-order valence-corrected chi connectivity index (χ2v) is 8.79. The lowest BCUT2D eigenvalue weighted by atomic mass is 9.90. The molecule has 0 aliphatic heterocycles. The van der Waals surface area contributed by atoms with Crippen molar-refractivity contribution in [2.45, 2.75) is 58.4 Å². The molecule has 0 aliphatic carbocycles. The highest BCUT2D eigenvalue weighted by Gasteiger charge is 2.21. The Morgan fingerprint density at radius 1 is 1.03 bits per heavy atom. The van der Waals surface area contributed by atoms with Crippen LogP contribution in [0, 0.1) is 13.8 Å². The van der Waals surface area contributed by atoms with E-state index >= 15 is 0 Å². The number of thioether (sulfide) groups is 1. The van der Waals surface area contributed by atoms with Gasteiger partial charge in [-0.1, -0.05) is 44.5 Å². The van der Waals surface area contributed by atoms with Crippen LogP contribution in [0.4, 0.5) is 0 Å². The molecule has 0 saturated heterocycles. The molecule has 0 spiro atoms. The molecule has 0 saturated carbocycles. The van der Waals surface area contributed by atoms with Crippen molar-refractivity contribution >= 4 is 11.8 Å². The lowest BCUT2D eigenvalue weighted by Gasteiger charge is -2.16. The molecule has 2 aromatic heterocycles. The average molecular weight is 424 g/mol. The number of benzene rings is 1. The Bertz CT molecular complexity index is 1060. The lowest BCUT2D eigenvalue weighted by Crippen LogP contribution is -2.11. The van der Waals surface area contributed by atoms with Crippen LogP contribution in [0.15, 0.2) is 50.8 Å². The maximum absolute atomic E-state index is 13.0. The summed E-state index contributed by atoms with van der Waals surface area (Å²) in [5.74, 6) is 1.13. The molecule has 0 amide bonds. The standard InChI is InChI=1S/C25H29NO3S/c1-6-18-10-16(4)11-19(7-2)23(18)24-20(27)12-21(29-25(24)28)17(5)14-30-22-9-8-15(3)13-26-22/h8-13,17,27H,6-7,14H2,1-5H3. The molecule has 4 nitrogen and oxygen atoms in total. The number of aryl methyl sites for hydroxylation is 4. The van der Waals surface area contributed by atoms with Gasteiger partial charge in [-0.05, 0) is 55.0 Å². The van der Waals surface area contributed by atoms with Crippen molar-refractivity contribution in [3.63, 3.8) is 0 Å². The number of aromatic hydroxyl groups is 1. The Labute approximate surface area is 182 Å². The highest BCUT2D eigenvalue weighted by Crippen LogP contribution is 2.35. The van der Waals surface area contributed by atoms with Crippen molar-refractivity contribution in [3.8, 4) is 16.9 Å². The minimum atomic E-state index is -0.483. The van der Waals surface area contributed by atoms with Gasteiger partial charge >= 0.3 is 5.63 Å². The Balaban J connectivity index is 1.93. The van der Waals surface area contributed by atoms with Crippen LogP contribution in [0.5, 0.6) is 5.75 Å². The van der Waals surface area contributed by atoms with Crippen molar-refractivity contribution in [2.75, 3.05) is 5.75 Å². The molecule has 158 valence electrons. The van der Waals surface area contributed by atoms with Crippen molar-refractivity contribution in [2.24, 2.45) is 0 Å². The van der Waals surface area contributed by atoms with E-state index in [0.29, 0.717) is 11.5 Å². The zero-order chi connectivity index (χ0) is 21.8. The summed E-state index contributed by atoms with van der Waals surface area (Å²) in [7, 11) is 0. The van der Waals surface area contributed by atoms with Crippen LogP contribution in [0.1, 0.15) is 54.7 Å². The summed E-state index contributed by atoms with van der Waals surface area (Å²) in [6.07, 6.45) is 3.40. The molecular formula is C25H29NO3S. The number of hydrogen-bond acceptors (Lipinski definition) is 5. The summed E-state index contributed by atoms with van der Waals surface area (Å²) in [6.45, 7) is 10.2. The number of rotatable bonds is 7. The van der Waals surface area contributed by atoms with E-state index < -0.39 is 5.63 Å². The van der Waals surface area contributed by atoms with E-state index in [9.17, 15) is 9.90 Å². The fraction of sp³-hybridized carbons (Fsp3) is 0.360.